The van der Waals surface area contributed by atoms with Crippen molar-refractivity contribution in [2.24, 2.45) is 11.7 Å². The van der Waals surface area contributed by atoms with Crippen LogP contribution in [0.3, 0.4) is 0 Å². The number of likely N-dealkylation sites (tertiary alicyclic amines) is 1. The maximum absolute atomic E-state index is 12.1. The molecule has 1 fully saturated rings. The molecule has 0 bridgehead atoms. The monoisotopic (exact) mass is 295 g/mol. The first-order valence-corrected chi connectivity index (χ1v) is 7.44. The number of benzene rings is 1. The van der Waals surface area contributed by atoms with Gasteiger partial charge in [0, 0.05) is 11.6 Å². The number of nitrogens with two attached hydrogens (primary N) is 1. The molecule has 0 spiro atoms. The maximum Gasteiger partial charge on any atom is 0.234 e. The summed E-state index contributed by atoms with van der Waals surface area (Å²) in [5.41, 5.74) is 6.61. The van der Waals surface area contributed by atoms with Crippen LogP contribution >= 0.6 is 11.6 Å². The molecule has 1 amide bonds. The van der Waals surface area contributed by atoms with Gasteiger partial charge in [-0.2, -0.15) is 0 Å². The molecule has 3 N–H and O–H groups in total. The zero-order valence-electron chi connectivity index (χ0n) is 11.8. The Bertz CT molecular complexity index is 466. The molecule has 110 valence electrons. The van der Waals surface area contributed by atoms with Gasteiger partial charge in [0.1, 0.15) is 0 Å². The van der Waals surface area contributed by atoms with E-state index in [1.165, 1.54) is 0 Å². The minimum atomic E-state index is -0.0795. The molecule has 0 saturated carbocycles. The van der Waals surface area contributed by atoms with Crippen molar-refractivity contribution in [3.05, 3.63) is 34.9 Å². The van der Waals surface area contributed by atoms with Gasteiger partial charge in [-0.15, -0.1) is 0 Å². The Morgan fingerprint density at radius 1 is 1.55 bits per heavy atom. The number of hydrogen-bond donors (Lipinski definition) is 2. The molecule has 1 aliphatic heterocycles. The van der Waals surface area contributed by atoms with Crippen LogP contribution in [0.25, 0.3) is 0 Å². The summed E-state index contributed by atoms with van der Waals surface area (Å²) in [6.07, 6.45) is 1.09. The first-order chi connectivity index (χ1) is 9.60. The van der Waals surface area contributed by atoms with E-state index < -0.39 is 0 Å². The van der Waals surface area contributed by atoms with E-state index in [-0.39, 0.29) is 11.9 Å². The molecule has 1 saturated heterocycles. The predicted molar refractivity (Wildman–Crippen MR) is 81.6 cm³/mol. The van der Waals surface area contributed by atoms with Crippen molar-refractivity contribution in [2.75, 3.05) is 26.2 Å². The molecule has 2 unspecified atom stereocenters. The average Bonchev–Trinajstić information content (AvgIpc) is 2.86. The van der Waals surface area contributed by atoms with E-state index in [1.54, 1.807) is 0 Å². The lowest BCUT2D eigenvalue weighted by Crippen LogP contribution is -2.37. The Kier molecular flexibility index (Phi) is 5.40. The standard InChI is InChI=1S/C15H22ClN3O/c1-11(13-4-2-3-5-14(13)16)18-15(20)10-19-7-6-12(8-17)9-19/h2-5,11-12H,6-10,17H2,1H3,(H,18,20). The summed E-state index contributed by atoms with van der Waals surface area (Å²) < 4.78 is 0. The van der Waals surface area contributed by atoms with Crippen LogP contribution in [0.1, 0.15) is 24.9 Å². The maximum atomic E-state index is 12.1. The van der Waals surface area contributed by atoms with Gasteiger partial charge in [0.2, 0.25) is 5.91 Å². The summed E-state index contributed by atoms with van der Waals surface area (Å²) in [6, 6.07) is 7.51. The summed E-state index contributed by atoms with van der Waals surface area (Å²) in [7, 11) is 0. The molecule has 4 nitrogen and oxygen atoms in total. The molecule has 1 aromatic carbocycles. The van der Waals surface area contributed by atoms with Gasteiger partial charge in [0.05, 0.1) is 12.6 Å². The lowest BCUT2D eigenvalue weighted by Gasteiger charge is -2.19. The SMILES string of the molecule is CC(NC(=O)CN1CCC(CN)C1)c1ccccc1Cl. The Hall–Kier alpha value is -1.10. The van der Waals surface area contributed by atoms with Gasteiger partial charge in [-0.1, -0.05) is 29.8 Å². The normalized spacial score (nSPS) is 20.9. The Morgan fingerprint density at radius 2 is 2.30 bits per heavy atom. The third-order valence-corrected chi connectivity index (χ3v) is 4.16. The van der Waals surface area contributed by atoms with Crippen molar-refractivity contribution >= 4 is 17.5 Å². The molecular formula is C15H22ClN3O. The van der Waals surface area contributed by atoms with E-state index in [1.807, 2.05) is 31.2 Å². The Morgan fingerprint density at radius 3 is 2.95 bits per heavy atom. The first-order valence-electron chi connectivity index (χ1n) is 7.06. The van der Waals surface area contributed by atoms with E-state index >= 15 is 0 Å². The quantitative estimate of drug-likeness (QED) is 0.871. The molecule has 1 aliphatic rings. The molecule has 0 aliphatic carbocycles. The van der Waals surface area contributed by atoms with Crippen molar-refractivity contribution in [3.63, 3.8) is 0 Å². The number of amides is 1. The van der Waals surface area contributed by atoms with Crippen LogP contribution in [0.5, 0.6) is 0 Å². The average molecular weight is 296 g/mol. The van der Waals surface area contributed by atoms with Crippen LogP contribution in [0.2, 0.25) is 5.02 Å². The van der Waals surface area contributed by atoms with Crippen molar-refractivity contribution in [1.29, 1.82) is 0 Å². The lowest BCUT2D eigenvalue weighted by atomic mass is 10.1. The number of nitrogens with zero attached hydrogens (tertiary/aromatic N) is 1. The number of carbonyl (C=O) groups excluding carboxylic acids is 1. The van der Waals surface area contributed by atoms with Gasteiger partial charge in [0.25, 0.3) is 0 Å². The van der Waals surface area contributed by atoms with Crippen LogP contribution < -0.4 is 11.1 Å². The van der Waals surface area contributed by atoms with E-state index in [9.17, 15) is 4.79 Å². The van der Waals surface area contributed by atoms with E-state index in [0.717, 1.165) is 25.1 Å². The highest BCUT2D eigenvalue weighted by Gasteiger charge is 2.23. The second-order valence-corrected chi connectivity index (χ2v) is 5.84. The fourth-order valence-corrected chi connectivity index (χ4v) is 2.94. The summed E-state index contributed by atoms with van der Waals surface area (Å²) in [4.78, 5) is 14.2. The molecule has 2 rings (SSSR count). The van der Waals surface area contributed by atoms with E-state index in [0.29, 0.717) is 24.0 Å². The smallest absolute Gasteiger partial charge is 0.234 e. The number of carbonyl (C=O) groups is 1. The van der Waals surface area contributed by atoms with Gasteiger partial charge >= 0.3 is 0 Å². The molecule has 0 aromatic heterocycles. The highest BCUT2D eigenvalue weighted by atomic mass is 35.5. The third kappa shape index (κ3) is 3.95. The van der Waals surface area contributed by atoms with Crippen LogP contribution in [0.15, 0.2) is 24.3 Å². The number of halogens is 1. The molecule has 1 heterocycles. The van der Waals surface area contributed by atoms with Crippen LogP contribution in [0.4, 0.5) is 0 Å². The Labute approximate surface area is 125 Å². The highest BCUT2D eigenvalue weighted by Crippen LogP contribution is 2.22. The second kappa shape index (κ2) is 7.07. The van der Waals surface area contributed by atoms with Gasteiger partial charge in [-0.25, -0.2) is 0 Å². The van der Waals surface area contributed by atoms with E-state index in [2.05, 4.69) is 10.2 Å². The molecule has 5 heteroatoms. The fraction of sp³-hybridized carbons (Fsp3) is 0.533. The lowest BCUT2D eigenvalue weighted by molar-refractivity contribution is -0.122. The molecule has 1 aromatic rings. The van der Waals surface area contributed by atoms with Crippen LogP contribution in [-0.4, -0.2) is 37.0 Å². The molecule has 2 atom stereocenters. The number of hydrogen-bond acceptors (Lipinski definition) is 3. The van der Waals surface area contributed by atoms with Gasteiger partial charge in [-0.05, 0) is 44.0 Å². The Balaban J connectivity index is 1.84. The van der Waals surface area contributed by atoms with Crippen LogP contribution in [-0.2, 0) is 4.79 Å². The fourth-order valence-electron chi connectivity index (χ4n) is 2.64. The van der Waals surface area contributed by atoms with Crippen LogP contribution in [0, 0.1) is 5.92 Å². The van der Waals surface area contributed by atoms with Crippen molar-refractivity contribution < 1.29 is 4.79 Å². The first kappa shape index (κ1) is 15.3. The largest absolute Gasteiger partial charge is 0.348 e. The minimum Gasteiger partial charge on any atom is -0.348 e. The molecule has 20 heavy (non-hydrogen) atoms. The third-order valence-electron chi connectivity index (χ3n) is 3.82. The van der Waals surface area contributed by atoms with Gasteiger partial charge in [-0.3, -0.25) is 9.69 Å². The zero-order chi connectivity index (χ0) is 14.5. The van der Waals surface area contributed by atoms with E-state index in [4.69, 9.17) is 17.3 Å². The summed E-state index contributed by atoms with van der Waals surface area (Å²) in [5, 5.41) is 3.69. The number of nitrogens with one attached hydrogen (secondary N) is 1. The van der Waals surface area contributed by atoms with Crippen molar-refractivity contribution in [1.82, 2.24) is 10.2 Å². The zero-order valence-corrected chi connectivity index (χ0v) is 12.6. The molecule has 0 radical (unpaired) electrons. The predicted octanol–water partition coefficient (Wildman–Crippen LogP) is 1.80. The van der Waals surface area contributed by atoms with Crippen molar-refractivity contribution in [2.45, 2.75) is 19.4 Å². The summed E-state index contributed by atoms with van der Waals surface area (Å²) in [5.74, 6) is 0.568. The van der Waals surface area contributed by atoms with Crippen molar-refractivity contribution in [3.8, 4) is 0 Å². The topological polar surface area (TPSA) is 58.4 Å². The highest BCUT2D eigenvalue weighted by molar-refractivity contribution is 6.31. The minimum absolute atomic E-state index is 0.0371. The molecular weight excluding hydrogens is 274 g/mol. The van der Waals surface area contributed by atoms with Gasteiger partial charge in [0.15, 0.2) is 0 Å². The second-order valence-electron chi connectivity index (χ2n) is 5.44. The van der Waals surface area contributed by atoms with Gasteiger partial charge < -0.3 is 11.1 Å². The number of rotatable bonds is 5. The summed E-state index contributed by atoms with van der Waals surface area (Å²) in [6.45, 7) is 4.96. The summed E-state index contributed by atoms with van der Waals surface area (Å²) >= 11 is 6.14.